The highest BCUT2D eigenvalue weighted by atomic mass is 35.5. The number of rotatable bonds is 10. The van der Waals surface area contributed by atoms with Gasteiger partial charge in [0.2, 0.25) is 0 Å². The van der Waals surface area contributed by atoms with Crippen molar-refractivity contribution in [2.75, 3.05) is 25.6 Å². The highest BCUT2D eigenvalue weighted by molar-refractivity contribution is 6.35. The normalized spacial score (nSPS) is 22.7. The molecule has 0 spiro atoms. The SMILES string of the molecule is COC[C@H](C)NC1CCC(Cc2cc(-c3cc(NCC4(C)CC4)cnc3Cl)c(Cl)cn2)CC1. The zero-order valence-corrected chi connectivity index (χ0v) is 21.5. The van der Waals surface area contributed by atoms with Crippen LogP contribution in [0.25, 0.3) is 11.1 Å². The fraction of sp³-hybridized carbons (Fsp3) is 0.615. The molecule has 0 saturated heterocycles. The Kier molecular flexibility index (Phi) is 8.16. The smallest absolute Gasteiger partial charge is 0.137 e. The molecule has 2 aromatic rings. The van der Waals surface area contributed by atoms with Crippen LogP contribution in [0.4, 0.5) is 5.69 Å². The largest absolute Gasteiger partial charge is 0.383 e. The van der Waals surface area contributed by atoms with E-state index < -0.39 is 0 Å². The van der Waals surface area contributed by atoms with E-state index in [0.29, 0.717) is 33.6 Å². The van der Waals surface area contributed by atoms with Crippen LogP contribution in [0.2, 0.25) is 10.2 Å². The van der Waals surface area contributed by atoms with Crippen molar-refractivity contribution in [2.45, 2.75) is 70.9 Å². The van der Waals surface area contributed by atoms with Crippen LogP contribution < -0.4 is 10.6 Å². The molecule has 0 radical (unpaired) electrons. The first kappa shape index (κ1) is 24.7. The Morgan fingerprint density at radius 2 is 1.85 bits per heavy atom. The van der Waals surface area contributed by atoms with Crippen LogP contribution in [0.1, 0.15) is 58.1 Å². The Hall–Kier alpha value is -1.40. The molecule has 1 atom stereocenters. The number of nitrogens with one attached hydrogen (secondary N) is 2. The first-order valence-corrected chi connectivity index (χ1v) is 12.9. The highest BCUT2D eigenvalue weighted by Crippen LogP contribution is 2.45. The molecule has 0 amide bonds. The standard InChI is InChI=1S/C26H36Cl2N4O/c1-17(15-33-3)32-19-6-4-18(5-7-19)10-20-11-22(24(27)14-29-20)23-12-21(13-30-25(23)28)31-16-26(2)8-9-26/h11-14,17-19,31-32H,4-10,15-16H2,1-3H3/t17-,18?,19?/m0/s1. The van der Waals surface area contributed by atoms with E-state index in [1.807, 2.05) is 0 Å². The fourth-order valence-corrected chi connectivity index (χ4v) is 5.18. The molecule has 2 fully saturated rings. The molecule has 0 bridgehead atoms. The van der Waals surface area contributed by atoms with Gasteiger partial charge in [0, 0.05) is 48.8 Å². The molecule has 2 saturated carbocycles. The third-order valence-corrected chi connectivity index (χ3v) is 7.75. The van der Waals surface area contributed by atoms with Crippen LogP contribution >= 0.6 is 23.2 Å². The van der Waals surface area contributed by atoms with Crippen LogP contribution in [0.15, 0.2) is 24.5 Å². The minimum atomic E-state index is 0.396. The maximum Gasteiger partial charge on any atom is 0.137 e. The van der Waals surface area contributed by atoms with Gasteiger partial charge in [0.25, 0.3) is 0 Å². The number of pyridine rings is 2. The van der Waals surface area contributed by atoms with E-state index >= 15 is 0 Å². The maximum absolute atomic E-state index is 6.56. The fourth-order valence-electron chi connectivity index (χ4n) is 4.77. The van der Waals surface area contributed by atoms with Crippen LogP contribution in [-0.4, -0.2) is 42.3 Å². The molecule has 2 heterocycles. The van der Waals surface area contributed by atoms with Gasteiger partial charge in [0.1, 0.15) is 5.15 Å². The molecule has 180 valence electrons. The summed E-state index contributed by atoms with van der Waals surface area (Å²) >= 11 is 13.1. The monoisotopic (exact) mass is 490 g/mol. The predicted molar refractivity (Wildman–Crippen MR) is 137 cm³/mol. The summed E-state index contributed by atoms with van der Waals surface area (Å²) in [5, 5.41) is 8.28. The lowest BCUT2D eigenvalue weighted by atomic mass is 9.83. The summed E-state index contributed by atoms with van der Waals surface area (Å²) in [5.74, 6) is 0.642. The highest BCUT2D eigenvalue weighted by Gasteiger charge is 2.36. The van der Waals surface area contributed by atoms with E-state index in [1.54, 1.807) is 19.5 Å². The van der Waals surface area contributed by atoms with Gasteiger partial charge >= 0.3 is 0 Å². The van der Waals surface area contributed by atoms with E-state index in [0.717, 1.165) is 42.1 Å². The summed E-state index contributed by atoms with van der Waals surface area (Å²) < 4.78 is 5.25. The first-order chi connectivity index (χ1) is 15.8. The van der Waals surface area contributed by atoms with Crippen LogP contribution in [0.5, 0.6) is 0 Å². The van der Waals surface area contributed by atoms with Crippen LogP contribution in [0.3, 0.4) is 0 Å². The number of ether oxygens (including phenoxy) is 1. The lowest BCUT2D eigenvalue weighted by Gasteiger charge is -2.31. The van der Waals surface area contributed by atoms with Gasteiger partial charge in [-0.25, -0.2) is 4.98 Å². The van der Waals surface area contributed by atoms with E-state index in [1.165, 1.54) is 38.5 Å². The second-order valence-corrected chi connectivity index (χ2v) is 11.1. The lowest BCUT2D eigenvalue weighted by molar-refractivity contribution is 0.158. The number of hydrogen-bond donors (Lipinski definition) is 2. The van der Waals surface area contributed by atoms with Crippen molar-refractivity contribution in [3.8, 4) is 11.1 Å². The number of anilines is 1. The van der Waals surface area contributed by atoms with Gasteiger partial charge in [0.15, 0.2) is 0 Å². The molecular formula is C26H36Cl2N4O. The van der Waals surface area contributed by atoms with Crippen LogP contribution in [0, 0.1) is 11.3 Å². The molecular weight excluding hydrogens is 455 g/mol. The number of methoxy groups -OCH3 is 1. The second-order valence-electron chi connectivity index (χ2n) is 10.3. The molecule has 5 nitrogen and oxygen atoms in total. The Morgan fingerprint density at radius 1 is 1.09 bits per heavy atom. The third kappa shape index (κ3) is 6.82. The van der Waals surface area contributed by atoms with Crippen molar-refractivity contribution >= 4 is 28.9 Å². The summed E-state index contributed by atoms with van der Waals surface area (Å²) in [7, 11) is 1.76. The van der Waals surface area contributed by atoms with Crippen molar-refractivity contribution in [3.63, 3.8) is 0 Å². The lowest BCUT2D eigenvalue weighted by Crippen LogP contribution is -2.41. The Labute approximate surface area is 208 Å². The summed E-state index contributed by atoms with van der Waals surface area (Å²) in [6, 6.07) is 5.14. The Morgan fingerprint density at radius 3 is 2.55 bits per heavy atom. The Bertz CT molecular complexity index is 942. The maximum atomic E-state index is 6.56. The second kappa shape index (κ2) is 10.9. The summed E-state index contributed by atoms with van der Waals surface area (Å²) in [4.78, 5) is 9.05. The number of hydrogen-bond acceptors (Lipinski definition) is 5. The minimum Gasteiger partial charge on any atom is -0.383 e. The molecule has 2 N–H and O–H groups in total. The van der Waals surface area contributed by atoms with Gasteiger partial charge in [-0.2, -0.15) is 0 Å². The van der Waals surface area contributed by atoms with E-state index in [9.17, 15) is 0 Å². The van der Waals surface area contributed by atoms with Gasteiger partial charge in [-0.05, 0) is 75.3 Å². The van der Waals surface area contributed by atoms with Gasteiger partial charge in [-0.15, -0.1) is 0 Å². The third-order valence-electron chi connectivity index (χ3n) is 7.15. The average molecular weight is 492 g/mol. The van der Waals surface area contributed by atoms with Gasteiger partial charge in [-0.1, -0.05) is 30.1 Å². The van der Waals surface area contributed by atoms with Crippen molar-refractivity contribution in [1.82, 2.24) is 15.3 Å². The topological polar surface area (TPSA) is 59.1 Å². The summed E-state index contributed by atoms with van der Waals surface area (Å²) in [5.41, 5.74) is 4.22. The number of nitrogens with zero attached hydrogens (tertiary/aromatic N) is 2. The molecule has 2 aliphatic carbocycles. The molecule has 0 unspecified atom stereocenters. The minimum absolute atomic E-state index is 0.396. The number of halogens is 2. The quantitative estimate of drug-likeness (QED) is 0.377. The average Bonchev–Trinajstić information content (AvgIpc) is 3.53. The molecule has 0 aromatic carbocycles. The zero-order valence-electron chi connectivity index (χ0n) is 20.0. The molecule has 0 aliphatic heterocycles. The van der Waals surface area contributed by atoms with E-state index in [-0.39, 0.29) is 0 Å². The van der Waals surface area contributed by atoms with Crippen molar-refractivity contribution in [3.05, 3.63) is 40.4 Å². The predicted octanol–water partition coefficient (Wildman–Crippen LogP) is 6.39. The number of aromatic nitrogens is 2. The van der Waals surface area contributed by atoms with Crippen molar-refractivity contribution in [2.24, 2.45) is 11.3 Å². The van der Waals surface area contributed by atoms with Gasteiger partial charge in [-0.3, -0.25) is 4.98 Å². The Balaban J connectivity index is 1.40. The van der Waals surface area contributed by atoms with Crippen molar-refractivity contribution < 1.29 is 4.74 Å². The molecule has 33 heavy (non-hydrogen) atoms. The summed E-state index contributed by atoms with van der Waals surface area (Å²) in [6.07, 6.45) is 11.9. The van der Waals surface area contributed by atoms with Gasteiger partial charge < -0.3 is 15.4 Å². The first-order valence-electron chi connectivity index (χ1n) is 12.1. The molecule has 4 rings (SSSR count). The van der Waals surface area contributed by atoms with E-state index in [4.69, 9.17) is 27.9 Å². The zero-order chi connectivity index (χ0) is 23.4. The van der Waals surface area contributed by atoms with Crippen LogP contribution in [-0.2, 0) is 11.2 Å². The molecule has 7 heteroatoms. The molecule has 2 aliphatic rings. The summed E-state index contributed by atoms with van der Waals surface area (Å²) in [6.45, 7) is 6.20. The van der Waals surface area contributed by atoms with Crippen molar-refractivity contribution in [1.29, 1.82) is 0 Å². The molecule has 2 aromatic heterocycles. The van der Waals surface area contributed by atoms with E-state index in [2.05, 4.69) is 46.6 Å². The van der Waals surface area contributed by atoms with Gasteiger partial charge in [0.05, 0.1) is 23.5 Å².